The van der Waals surface area contributed by atoms with Gasteiger partial charge in [0.15, 0.2) is 0 Å². The summed E-state index contributed by atoms with van der Waals surface area (Å²) in [7, 11) is 0. The number of nitrogens with one attached hydrogen (secondary N) is 1. The Kier molecular flexibility index (Phi) is 3.10. The highest BCUT2D eigenvalue weighted by molar-refractivity contribution is 5.54. The Balaban J connectivity index is 2.19. The van der Waals surface area contributed by atoms with Crippen LogP contribution in [0.3, 0.4) is 0 Å². The fraction of sp³-hybridized carbons (Fsp3) is 0.333. The number of hydrogen-bond donors (Lipinski definition) is 2. The van der Waals surface area contributed by atoms with Crippen LogP contribution in [0.5, 0.6) is 0 Å². The van der Waals surface area contributed by atoms with Crippen LogP contribution in [0, 0.1) is 13.8 Å². The van der Waals surface area contributed by atoms with Gasteiger partial charge >= 0.3 is 6.01 Å². The van der Waals surface area contributed by atoms with E-state index < -0.39 is 0 Å². The van der Waals surface area contributed by atoms with Crippen LogP contribution in [-0.4, -0.2) is 10.2 Å². The molecule has 17 heavy (non-hydrogen) atoms. The number of anilines is 2. The second-order valence-corrected chi connectivity index (χ2v) is 4.24. The first kappa shape index (κ1) is 11.6. The highest BCUT2D eigenvalue weighted by Crippen LogP contribution is 2.19. The molecule has 0 bridgehead atoms. The van der Waals surface area contributed by atoms with E-state index in [1.165, 1.54) is 11.1 Å². The molecule has 0 radical (unpaired) electrons. The summed E-state index contributed by atoms with van der Waals surface area (Å²) in [6, 6.07) is 6.25. The lowest BCUT2D eigenvalue weighted by molar-refractivity contribution is 0.475. The maximum Gasteiger partial charge on any atom is 0.320 e. The van der Waals surface area contributed by atoms with Crippen LogP contribution in [0.2, 0.25) is 0 Å². The number of hydrogen-bond acceptors (Lipinski definition) is 5. The van der Waals surface area contributed by atoms with E-state index in [4.69, 9.17) is 10.2 Å². The molecule has 0 aliphatic heterocycles. The third-order valence-electron chi connectivity index (χ3n) is 2.30. The zero-order valence-corrected chi connectivity index (χ0v) is 10.2. The van der Waals surface area contributed by atoms with Gasteiger partial charge in [-0.15, -0.1) is 5.10 Å². The molecule has 5 nitrogen and oxygen atoms in total. The van der Waals surface area contributed by atoms with E-state index in [-0.39, 0.29) is 6.04 Å². The second kappa shape index (κ2) is 4.55. The molecule has 0 fully saturated rings. The van der Waals surface area contributed by atoms with Crippen molar-refractivity contribution < 1.29 is 4.42 Å². The molecule has 0 saturated carbocycles. The standard InChI is InChI=1S/C12H16N4O/c1-7-4-8(2)6-10(5-7)14-12-16-15-11(17-12)9(3)13/h4-6,9H,13H2,1-3H3,(H,14,16). The molecule has 0 spiro atoms. The van der Waals surface area contributed by atoms with Crippen molar-refractivity contribution in [2.24, 2.45) is 5.73 Å². The van der Waals surface area contributed by atoms with Crippen molar-refractivity contribution in [3.8, 4) is 0 Å². The first-order valence-corrected chi connectivity index (χ1v) is 5.49. The second-order valence-electron chi connectivity index (χ2n) is 4.24. The average Bonchev–Trinajstić information content (AvgIpc) is 2.64. The van der Waals surface area contributed by atoms with Gasteiger partial charge in [-0.2, -0.15) is 0 Å². The Morgan fingerprint density at radius 2 is 1.82 bits per heavy atom. The van der Waals surface area contributed by atoms with Gasteiger partial charge in [0.25, 0.3) is 0 Å². The molecule has 3 N–H and O–H groups in total. The molecule has 0 aliphatic carbocycles. The van der Waals surface area contributed by atoms with Gasteiger partial charge in [-0.1, -0.05) is 11.2 Å². The average molecular weight is 232 g/mol. The molecule has 1 unspecified atom stereocenters. The Labute approximate surface area is 100 Å². The topological polar surface area (TPSA) is 77.0 Å². The van der Waals surface area contributed by atoms with Gasteiger partial charge in [0, 0.05) is 5.69 Å². The molecule has 2 aromatic rings. The summed E-state index contributed by atoms with van der Waals surface area (Å²) in [6.07, 6.45) is 0. The summed E-state index contributed by atoms with van der Waals surface area (Å²) in [5.74, 6) is 0.428. The number of aromatic nitrogens is 2. The van der Waals surface area contributed by atoms with E-state index in [2.05, 4.69) is 21.6 Å². The summed E-state index contributed by atoms with van der Waals surface area (Å²) in [5, 5.41) is 10.8. The normalized spacial score (nSPS) is 12.5. The molecule has 1 aromatic heterocycles. The third kappa shape index (κ3) is 2.82. The smallest absolute Gasteiger partial charge is 0.320 e. The third-order valence-corrected chi connectivity index (χ3v) is 2.30. The van der Waals surface area contributed by atoms with Gasteiger partial charge in [0.1, 0.15) is 0 Å². The van der Waals surface area contributed by atoms with Gasteiger partial charge < -0.3 is 15.5 Å². The van der Waals surface area contributed by atoms with Crippen LogP contribution in [0.25, 0.3) is 0 Å². The molecule has 0 amide bonds. The predicted octanol–water partition coefficient (Wildman–Crippen LogP) is 2.45. The van der Waals surface area contributed by atoms with Crippen LogP contribution in [-0.2, 0) is 0 Å². The molecule has 1 aromatic carbocycles. The van der Waals surface area contributed by atoms with Crippen LogP contribution in [0.1, 0.15) is 30.0 Å². The van der Waals surface area contributed by atoms with Gasteiger partial charge in [0.05, 0.1) is 6.04 Å². The van der Waals surface area contributed by atoms with Crippen LogP contribution < -0.4 is 11.1 Å². The highest BCUT2D eigenvalue weighted by Gasteiger charge is 2.09. The first-order chi connectivity index (χ1) is 8.04. The minimum atomic E-state index is -0.253. The lowest BCUT2D eigenvalue weighted by Gasteiger charge is -2.04. The number of benzene rings is 1. The maximum absolute atomic E-state index is 5.64. The molecule has 90 valence electrons. The maximum atomic E-state index is 5.64. The van der Waals surface area contributed by atoms with E-state index in [1.54, 1.807) is 6.92 Å². The zero-order valence-electron chi connectivity index (χ0n) is 10.2. The van der Waals surface area contributed by atoms with Gasteiger partial charge in [-0.25, -0.2) is 0 Å². The van der Waals surface area contributed by atoms with Crippen LogP contribution >= 0.6 is 0 Å². The summed E-state index contributed by atoms with van der Waals surface area (Å²) in [5.41, 5.74) is 8.94. The fourth-order valence-electron chi connectivity index (χ4n) is 1.64. The van der Waals surface area contributed by atoms with E-state index in [1.807, 2.05) is 26.0 Å². The molecule has 2 rings (SSSR count). The Morgan fingerprint density at radius 1 is 1.18 bits per heavy atom. The molecular formula is C12H16N4O. The van der Waals surface area contributed by atoms with Crippen molar-refractivity contribution in [3.63, 3.8) is 0 Å². The fourth-order valence-corrected chi connectivity index (χ4v) is 1.64. The molecule has 5 heteroatoms. The van der Waals surface area contributed by atoms with E-state index in [9.17, 15) is 0 Å². The van der Waals surface area contributed by atoms with Gasteiger partial charge in [0.2, 0.25) is 5.89 Å². The van der Waals surface area contributed by atoms with Crippen LogP contribution in [0.15, 0.2) is 22.6 Å². The van der Waals surface area contributed by atoms with Gasteiger partial charge in [-0.05, 0) is 44.0 Å². The van der Waals surface area contributed by atoms with Crippen molar-refractivity contribution in [3.05, 3.63) is 35.2 Å². The van der Waals surface area contributed by atoms with Crippen molar-refractivity contribution in [1.82, 2.24) is 10.2 Å². The Morgan fingerprint density at radius 3 is 2.35 bits per heavy atom. The largest absolute Gasteiger partial charge is 0.406 e. The lowest BCUT2D eigenvalue weighted by atomic mass is 10.1. The molecule has 0 aliphatic rings. The Bertz CT molecular complexity index is 499. The number of nitrogens with zero attached hydrogens (tertiary/aromatic N) is 2. The number of nitrogens with two attached hydrogens (primary N) is 1. The first-order valence-electron chi connectivity index (χ1n) is 5.49. The zero-order chi connectivity index (χ0) is 12.4. The SMILES string of the molecule is Cc1cc(C)cc(Nc2nnc(C(C)N)o2)c1. The number of rotatable bonds is 3. The summed E-state index contributed by atoms with van der Waals surface area (Å²) in [4.78, 5) is 0. The van der Waals surface area contributed by atoms with Crippen molar-refractivity contribution in [2.75, 3.05) is 5.32 Å². The minimum Gasteiger partial charge on any atom is -0.406 e. The highest BCUT2D eigenvalue weighted by atomic mass is 16.4. The van der Waals surface area contributed by atoms with Gasteiger partial charge in [-0.3, -0.25) is 0 Å². The predicted molar refractivity (Wildman–Crippen MR) is 66.1 cm³/mol. The lowest BCUT2D eigenvalue weighted by Crippen LogP contribution is -2.04. The molecule has 1 heterocycles. The van der Waals surface area contributed by atoms with E-state index >= 15 is 0 Å². The monoisotopic (exact) mass is 232 g/mol. The molecular weight excluding hydrogens is 216 g/mol. The van der Waals surface area contributed by atoms with E-state index in [0.717, 1.165) is 5.69 Å². The molecule has 0 saturated heterocycles. The van der Waals surface area contributed by atoms with Crippen molar-refractivity contribution in [1.29, 1.82) is 0 Å². The summed E-state index contributed by atoms with van der Waals surface area (Å²) >= 11 is 0. The summed E-state index contributed by atoms with van der Waals surface area (Å²) in [6.45, 7) is 5.88. The van der Waals surface area contributed by atoms with E-state index in [0.29, 0.717) is 11.9 Å². The Hall–Kier alpha value is -1.88. The number of aryl methyl sites for hydroxylation is 2. The van der Waals surface area contributed by atoms with Crippen LogP contribution in [0.4, 0.5) is 11.7 Å². The quantitative estimate of drug-likeness (QED) is 0.850. The minimum absolute atomic E-state index is 0.253. The molecule has 1 atom stereocenters. The van der Waals surface area contributed by atoms with Crippen molar-refractivity contribution >= 4 is 11.7 Å². The summed E-state index contributed by atoms with van der Waals surface area (Å²) < 4.78 is 5.37. The van der Waals surface area contributed by atoms with Crippen molar-refractivity contribution in [2.45, 2.75) is 26.8 Å².